The third-order valence-corrected chi connectivity index (χ3v) is 6.81. The maximum atomic E-state index is 11.0. The minimum atomic E-state index is 0.0587. The second kappa shape index (κ2) is 6.72. The van der Waals surface area contributed by atoms with Gasteiger partial charge in [0.2, 0.25) is 10.8 Å². The summed E-state index contributed by atoms with van der Waals surface area (Å²) in [5.41, 5.74) is 5.34. The summed E-state index contributed by atoms with van der Waals surface area (Å²) in [6.07, 6.45) is 1.05. The Hall–Kier alpha value is -2.70. The lowest BCUT2D eigenvalue weighted by Crippen LogP contribution is -3.12. The Morgan fingerprint density at radius 1 is 1.07 bits per heavy atom. The van der Waals surface area contributed by atoms with Crippen LogP contribution in [-0.2, 0) is 13.0 Å². The normalized spacial score (nSPS) is 17.6. The molecule has 0 saturated heterocycles. The van der Waals surface area contributed by atoms with E-state index in [1.54, 1.807) is 15.9 Å². The number of nitrogens with one attached hydrogen (secondary N) is 1. The number of fused-ring (bicyclic) bond motifs is 2. The Kier molecular flexibility index (Phi) is 4.18. The summed E-state index contributed by atoms with van der Waals surface area (Å²) in [5, 5.41) is 15.4. The Morgan fingerprint density at radius 3 is 2.61 bits per heavy atom. The molecule has 0 spiro atoms. The summed E-state index contributed by atoms with van der Waals surface area (Å²) < 4.78 is 1.58. The van der Waals surface area contributed by atoms with E-state index in [9.17, 15) is 5.11 Å². The van der Waals surface area contributed by atoms with Gasteiger partial charge in [-0.25, -0.2) is 4.98 Å². The Bertz CT molecular complexity index is 1160. The Morgan fingerprint density at radius 2 is 1.82 bits per heavy atom. The number of aromatic nitrogens is 3. The van der Waals surface area contributed by atoms with Crippen LogP contribution in [0.15, 0.2) is 48.5 Å². The molecule has 1 unspecified atom stereocenters. The second-order valence-electron chi connectivity index (χ2n) is 7.54. The van der Waals surface area contributed by atoms with Crippen LogP contribution in [-0.4, -0.2) is 26.2 Å². The molecule has 3 heterocycles. The second-order valence-corrected chi connectivity index (χ2v) is 8.55. The lowest BCUT2D eigenvalue weighted by molar-refractivity contribution is -0.940. The minimum absolute atomic E-state index is 0.0587. The van der Waals surface area contributed by atoms with Crippen LogP contribution >= 0.6 is 11.3 Å². The Balaban J connectivity index is 1.64. The van der Waals surface area contributed by atoms with Crippen molar-refractivity contribution >= 4 is 16.3 Å². The van der Waals surface area contributed by atoms with Crippen LogP contribution in [0.3, 0.4) is 0 Å². The summed E-state index contributed by atoms with van der Waals surface area (Å²) in [4.78, 5) is 7.62. The molecule has 0 bridgehead atoms. The van der Waals surface area contributed by atoms with Gasteiger partial charge in [0, 0.05) is 17.5 Å². The summed E-state index contributed by atoms with van der Waals surface area (Å²) in [5.74, 6) is 0.903. The number of rotatable bonds is 3. The van der Waals surface area contributed by atoms with Gasteiger partial charge in [0.05, 0.1) is 6.54 Å². The first-order valence-electron chi connectivity index (χ1n) is 9.63. The fourth-order valence-electron chi connectivity index (χ4n) is 4.34. The van der Waals surface area contributed by atoms with Crippen molar-refractivity contribution in [2.24, 2.45) is 0 Å². The monoisotopic (exact) mass is 391 g/mol. The molecule has 142 valence electrons. The zero-order chi connectivity index (χ0) is 19.3. The van der Waals surface area contributed by atoms with Crippen molar-refractivity contribution in [3.05, 3.63) is 81.5 Å². The van der Waals surface area contributed by atoms with E-state index < -0.39 is 0 Å². The third kappa shape index (κ3) is 2.80. The van der Waals surface area contributed by atoms with Crippen molar-refractivity contribution in [2.45, 2.75) is 32.9 Å². The number of thiazole rings is 1. The van der Waals surface area contributed by atoms with Crippen molar-refractivity contribution in [3.8, 4) is 5.88 Å². The van der Waals surface area contributed by atoms with Crippen LogP contribution in [0, 0.1) is 13.8 Å². The van der Waals surface area contributed by atoms with Gasteiger partial charge >= 0.3 is 0 Å². The van der Waals surface area contributed by atoms with E-state index in [0.29, 0.717) is 5.82 Å². The van der Waals surface area contributed by atoms with Gasteiger partial charge in [0.25, 0.3) is 0 Å². The van der Waals surface area contributed by atoms with Crippen LogP contribution < -0.4 is 4.90 Å². The zero-order valence-corrected chi connectivity index (χ0v) is 16.8. The molecule has 0 aliphatic carbocycles. The molecule has 0 amide bonds. The lowest BCUT2D eigenvalue weighted by Gasteiger charge is -2.33. The van der Waals surface area contributed by atoms with E-state index in [-0.39, 0.29) is 11.9 Å². The van der Waals surface area contributed by atoms with Crippen LogP contribution in [0.25, 0.3) is 4.96 Å². The highest BCUT2D eigenvalue weighted by molar-refractivity contribution is 7.17. The first-order chi connectivity index (χ1) is 13.6. The molecular weight excluding hydrogens is 368 g/mol. The number of nitrogens with zero attached hydrogens (tertiary/aromatic N) is 3. The van der Waals surface area contributed by atoms with Crippen LogP contribution in [0.1, 0.15) is 39.0 Å². The average molecular weight is 392 g/mol. The SMILES string of the molecule is Cc1nc2sc([C@@H](c3ccccc3C)[NH+]3CCc4ccccc4C3)c(O)n2n1. The molecular formula is C22H23N4OS+. The maximum Gasteiger partial charge on any atom is 0.235 e. The van der Waals surface area contributed by atoms with E-state index >= 15 is 0 Å². The van der Waals surface area contributed by atoms with Gasteiger partial charge in [0.1, 0.15) is 17.2 Å². The fraction of sp³-hybridized carbons (Fsp3) is 0.273. The van der Waals surface area contributed by atoms with E-state index in [1.165, 1.54) is 27.2 Å². The number of hydrogen-bond donors (Lipinski definition) is 2. The third-order valence-electron chi connectivity index (χ3n) is 5.73. The van der Waals surface area contributed by atoms with E-state index in [4.69, 9.17) is 0 Å². The summed E-state index contributed by atoms with van der Waals surface area (Å²) in [7, 11) is 0. The standard InChI is InChI=1S/C22H22N4OS/c1-14-7-3-6-10-18(14)19(20-21(27)26-22(28-20)23-15(2)24-26)25-12-11-16-8-4-5-9-17(16)13-25/h3-10,19,27H,11-13H2,1-2H3/p+1/t19-/m1/s1. The first kappa shape index (κ1) is 17.4. The highest BCUT2D eigenvalue weighted by atomic mass is 32.1. The van der Waals surface area contributed by atoms with Crippen LogP contribution in [0.2, 0.25) is 0 Å². The Labute approximate surface area is 167 Å². The zero-order valence-electron chi connectivity index (χ0n) is 16.0. The van der Waals surface area contributed by atoms with Crippen molar-refractivity contribution in [2.75, 3.05) is 6.54 Å². The quantitative estimate of drug-likeness (QED) is 0.565. The summed E-state index contributed by atoms with van der Waals surface area (Å²) in [6, 6.07) is 17.3. The van der Waals surface area contributed by atoms with Crippen molar-refractivity contribution in [1.29, 1.82) is 0 Å². The molecule has 4 aromatic rings. The van der Waals surface area contributed by atoms with Gasteiger partial charge in [-0.05, 0) is 25.0 Å². The van der Waals surface area contributed by atoms with E-state index in [0.717, 1.165) is 29.3 Å². The predicted molar refractivity (Wildman–Crippen MR) is 110 cm³/mol. The van der Waals surface area contributed by atoms with Crippen molar-refractivity contribution in [3.63, 3.8) is 0 Å². The lowest BCUT2D eigenvalue weighted by atomic mass is 9.94. The highest BCUT2D eigenvalue weighted by Gasteiger charge is 2.35. The van der Waals surface area contributed by atoms with Gasteiger partial charge in [-0.1, -0.05) is 59.9 Å². The molecule has 2 aromatic heterocycles. The van der Waals surface area contributed by atoms with Gasteiger partial charge in [-0.3, -0.25) is 0 Å². The molecule has 0 radical (unpaired) electrons. The van der Waals surface area contributed by atoms with Gasteiger partial charge < -0.3 is 10.0 Å². The summed E-state index contributed by atoms with van der Waals surface area (Å²) >= 11 is 1.55. The topological polar surface area (TPSA) is 54.9 Å². The van der Waals surface area contributed by atoms with Gasteiger partial charge in [0.15, 0.2) is 6.04 Å². The number of aromatic hydroxyl groups is 1. The van der Waals surface area contributed by atoms with Crippen LogP contribution in [0.5, 0.6) is 5.88 Å². The molecule has 5 rings (SSSR count). The molecule has 28 heavy (non-hydrogen) atoms. The molecule has 1 aliphatic rings. The van der Waals surface area contributed by atoms with Crippen LogP contribution in [0.4, 0.5) is 0 Å². The molecule has 5 nitrogen and oxygen atoms in total. The summed E-state index contributed by atoms with van der Waals surface area (Å²) in [6.45, 7) is 5.98. The number of benzene rings is 2. The molecule has 0 saturated carbocycles. The van der Waals surface area contributed by atoms with Gasteiger partial charge in [-0.2, -0.15) is 4.52 Å². The number of hydrogen-bond acceptors (Lipinski definition) is 4. The molecule has 6 heteroatoms. The molecule has 2 atom stereocenters. The molecule has 2 aromatic carbocycles. The van der Waals surface area contributed by atoms with E-state index in [2.05, 4.69) is 65.5 Å². The first-order valence-corrected chi connectivity index (χ1v) is 10.5. The molecule has 2 N–H and O–H groups in total. The molecule has 0 fully saturated rings. The number of quaternary nitrogens is 1. The molecule has 1 aliphatic heterocycles. The largest absolute Gasteiger partial charge is 0.492 e. The van der Waals surface area contributed by atoms with Crippen molar-refractivity contribution in [1.82, 2.24) is 14.6 Å². The minimum Gasteiger partial charge on any atom is -0.492 e. The average Bonchev–Trinajstić information content (AvgIpc) is 3.21. The highest BCUT2D eigenvalue weighted by Crippen LogP contribution is 2.36. The van der Waals surface area contributed by atoms with Gasteiger partial charge in [-0.15, -0.1) is 5.10 Å². The number of aryl methyl sites for hydroxylation is 2. The van der Waals surface area contributed by atoms with E-state index in [1.807, 2.05) is 6.92 Å². The smallest absolute Gasteiger partial charge is 0.235 e. The maximum absolute atomic E-state index is 11.0. The predicted octanol–water partition coefficient (Wildman–Crippen LogP) is 2.84. The fourth-order valence-corrected chi connectivity index (χ4v) is 5.52. The van der Waals surface area contributed by atoms with Crippen molar-refractivity contribution < 1.29 is 10.0 Å².